The van der Waals surface area contributed by atoms with Gasteiger partial charge in [0.2, 0.25) is 11.0 Å². The average Bonchev–Trinajstić information content (AvgIpc) is 2.83. The van der Waals surface area contributed by atoms with Gasteiger partial charge in [-0.2, -0.15) is 0 Å². The Kier molecular flexibility index (Phi) is 4.72. The predicted molar refractivity (Wildman–Crippen MR) is 76.4 cm³/mol. The number of nitrogens with two attached hydrogens (primary N) is 2. The summed E-state index contributed by atoms with van der Waals surface area (Å²) in [5, 5.41) is 8.17. The van der Waals surface area contributed by atoms with Crippen molar-refractivity contribution in [3.8, 4) is 0 Å². The Bertz CT molecular complexity index is 554. The van der Waals surface area contributed by atoms with Crippen molar-refractivity contribution in [1.82, 2.24) is 15.6 Å². The van der Waals surface area contributed by atoms with Gasteiger partial charge in [-0.1, -0.05) is 47.4 Å². The number of nitrogens with zero attached hydrogens (tertiary/aromatic N) is 2. The van der Waals surface area contributed by atoms with E-state index in [0.717, 1.165) is 21.2 Å². The molecule has 1 amide bonds. The van der Waals surface area contributed by atoms with Crippen molar-refractivity contribution in [2.24, 2.45) is 5.84 Å². The highest BCUT2D eigenvalue weighted by molar-refractivity contribution is 8.00. The first-order chi connectivity index (χ1) is 9.17. The third-order valence-corrected chi connectivity index (χ3v) is 4.29. The molecule has 8 heteroatoms. The van der Waals surface area contributed by atoms with Crippen LogP contribution < -0.4 is 17.0 Å². The molecule has 0 fully saturated rings. The molecule has 0 radical (unpaired) electrons. The molecule has 100 valence electrons. The summed E-state index contributed by atoms with van der Waals surface area (Å²) in [4.78, 5) is 11.1. The number of aromatic nitrogens is 2. The van der Waals surface area contributed by atoms with Gasteiger partial charge in [0.25, 0.3) is 0 Å². The van der Waals surface area contributed by atoms with Crippen LogP contribution in [0.3, 0.4) is 0 Å². The number of hydrogen-bond acceptors (Lipinski definition) is 7. The Balaban J connectivity index is 1.89. The maximum atomic E-state index is 11.1. The van der Waals surface area contributed by atoms with Gasteiger partial charge in [-0.15, -0.1) is 10.2 Å². The van der Waals surface area contributed by atoms with Crippen molar-refractivity contribution >= 4 is 34.1 Å². The lowest BCUT2D eigenvalue weighted by Crippen LogP contribution is -2.31. The van der Waals surface area contributed by atoms with Crippen molar-refractivity contribution in [3.63, 3.8) is 0 Å². The van der Waals surface area contributed by atoms with Crippen LogP contribution in [0.15, 0.2) is 28.6 Å². The van der Waals surface area contributed by atoms with Crippen molar-refractivity contribution in [1.29, 1.82) is 0 Å². The lowest BCUT2D eigenvalue weighted by atomic mass is 10.1. The summed E-state index contributed by atoms with van der Waals surface area (Å²) < 4.78 is 0.851. The van der Waals surface area contributed by atoms with Crippen LogP contribution in [-0.4, -0.2) is 16.1 Å². The number of amides is 1. The summed E-state index contributed by atoms with van der Waals surface area (Å²) in [6, 6.07) is 7.80. The second-order valence-electron chi connectivity index (χ2n) is 3.76. The summed E-state index contributed by atoms with van der Waals surface area (Å²) in [5.41, 5.74) is 9.70. The number of thioether (sulfide) groups is 1. The minimum absolute atomic E-state index is 0.202. The third kappa shape index (κ3) is 4.19. The van der Waals surface area contributed by atoms with E-state index in [1.165, 1.54) is 11.3 Å². The number of benzene rings is 1. The van der Waals surface area contributed by atoms with E-state index in [0.29, 0.717) is 5.13 Å². The molecule has 0 aliphatic heterocycles. The Morgan fingerprint density at radius 3 is 2.53 bits per heavy atom. The zero-order chi connectivity index (χ0) is 13.7. The van der Waals surface area contributed by atoms with E-state index in [4.69, 9.17) is 11.6 Å². The maximum absolute atomic E-state index is 11.1. The van der Waals surface area contributed by atoms with Crippen molar-refractivity contribution in [2.75, 3.05) is 5.73 Å². The van der Waals surface area contributed by atoms with E-state index in [1.807, 2.05) is 24.3 Å². The number of carbonyl (C=O) groups is 1. The lowest BCUT2D eigenvalue weighted by molar-refractivity contribution is -0.120. The second-order valence-corrected chi connectivity index (χ2v) is 5.99. The monoisotopic (exact) mass is 295 g/mol. The number of nitrogens with one attached hydrogen (secondary N) is 1. The molecular weight excluding hydrogens is 282 g/mol. The van der Waals surface area contributed by atoms with E-state index >= 15 is 0 Å². The van der Waals surface area contributed by atoms with Crippen LogP contribution in [0.5, 0.6) is 0 Å². The van der Waals surface area contributed by atoms with Crippen LogP contribution in [0.2, 0.25) is 0 Å². The van der Waals surface area contributed by atoms with Gasteiger partial charge in [0, 0.05) is 5.75 Å². The van der Waals surface area contributed by atoms with Crippen LogP contribution in [0, 0.1) is 0 Å². The fourth-order valence-electron chi connectivity index (χ4n) is 1.41. The van der Waals surface area contributed by atoms with Gasteiger partial charge in [-0.05, 0) is 11.1 Å². The molecule has 19 heavy (non-hydrogen) atoms. The van der Waals surface area contributed by atoms with Gasteiger partial charge >= 0.3 is 0 Å². The minimum atomic E-state index is -0.202. The number of rotatable bonds is 5. The van der Waals surface area contributed by atoms with E-state index in [1.54, 1.807) is 11.8 Å². The second kappa shape index (κ2) is 6.50. The van der Waals surface area contributed by atoms with Crippen molar-refractivity contribution < 1.29 is 4.79 Å². The standard InChI is InChI=1S/C11H13N5OS2/c12-10-15-16-11(19-10)18-6-8-3-1-7(2-4-8)5-9(17)14-13/h1-4H,5-6,13H2,(H2,12,15)(H,14,17). The predicted octanol–water partition coefficient (Wildman–Crippen LogP) is 0.945. The highest BCUT2D eigenvalue weighted by Gasteiger charge is 2.04. The topological polar surface area (TPSA) is 107 Å². The van der Waals surface area contributed by atoms with Crippen LogP contribution in [-0.2, 0) is 17.0 Å². The molecule has 0 saturated carbocycles. The average molecular weight is 295 g/mol. The first-order valence-electron chi connectivity index (χ1n) is 5.46. The van der Waals surface area contributed by atoms with Crippen molar-refractivity contribution in [2.45, 2.75) is 16.5 Å². The first kappa shape index (κ1) is 13.8. The molecule has 2 aromatic rings. The van der Waals surface area contributed by atoms with Gasteiger partial charge in [0.15, 0.2) is 4.34 Å². The minimum Gasteiger partial charge on any atom is -0.374 e. The Hall–Kier alpha value is -1.64. The molecule has 1 heterocycles. The lowest BCUT2D eigenvalue weighted by Gasteiger charge is -2.02. The Labute approximate surface area is 118 Å². The molecular formula is C11H13N5OS2. The van der Waals surface area contributed by atoms with Crippen LogP contribution >= 0.6 is 23.1 Å². The molecule has 0 unspecified atom stereocenters. The molecule has 5 N–H and O–H groups in total. The van der Waals surface area contributed by atoms with E-state index in [2.05, 4.69) is 15.6 Å². The molecule has 1 aromatic heterocycles. The SMILES string of the molecule is NNC(=O)Cc1ccc(CSc2nnc(N)s2)cc1. The number of carbonyl (C=O) groups excluding carboxylic acids is 1. The molecule has 6 nitrogen and oxygen atoms in total. The zero-order valence-electron chi connectivity index (χ0n) is 10.00. The fourth-order valence-corrected chi connectivity index (χ4v) is 3.01. The summed E-state index contributed by atoms with van der Waals surface area (Å²) in [6.07, 6.45) is 0.289. The molecule has 0 aliphatic carbocycles. The largest absolute Gasteiger partial charge is 0.374 e. The smallest absolute Gasteiger partial charge is 0.238 e. The Morgan fingerprint density at radius 2 is 1.95 bits per heavy atom. The molecule has 0 spiro atoms. The molecule has 0 bridgehead atoms. The van der Waals surface area contributed by atoms with E-state index in [9.17, 15) is 4.79 Å². The molecule has 0 atom stereocenters. The number of anilines is 1. The van der Waals surface area contributed by atoms with Gasteiger partial charge in [0.05, 0.1) is 6.42 Å². The van der Waals surface area contributed by atoms with Crippen LogP contribution in [0.4, 0.5) is 5.13 Å². The fraction of sp³-hybridized carbons (Fsp3) is 0.182. The summed E-state index contributed by atoms with van der Waals surface area (Å²) in [5.74, 6) is 5.63. The third-order valence-electron chi connectivity index (χ3n) is 2.33. The van der Waals surface area contributed by atoms with Gasteiger partial charge < -0.3 is 5.73 Å². The molecule has 0 aliphatic rings. The molecule has 2 rings (SSSR count). The summed E-state index contributed by atoms with van der Waals surface area (Å²) in [6.45, 7) is 0. The van der Waals surface area contributed by atoms with E-state index < -0.39 is 0 Å². The summed E-state index contributed by atoms with van der Waals surface area (Å²) in [7, 11) is 0. The van der Waals surface area contributed by atoms with Crippen molar-refractivity contribution in [3.05, 3.63) is 35.4 Å². The number of nitrogen functional groups attached to an aromatic ring is 1. The van der Waals surface area contributed by atoms with Gasteiger partial charge in [0.1, 0.15) is 0 Å². The van der Waals surface area contributed by atoms with Crippen LogP contribution in [0.1, 0.15) is 11.1 Å². The number of hydrazine groups is 1. The molecule has 0 saturated heterocycles. The first-order valence-corrected chi connectivity index (χ1v) is 7.26. The highest BCUT2D eigenvalue weighted by atomic mass is 32.2. The zero-order valence-corrected chi connectivity index (χ0v) is 11.6. The van der Waals surface area contributed by atoms with Gasteiger partial charge in [-0.3, -0.25) is 10.2 Å². The highest BCUT2D eigenvalue weighted by Crippen LogP contribution is 2.26. The maximum Gasteiger partial charge on any atom is 0.238 e. The Morgan fingerprint density at radius 1 is 1.26 bits per heavy atom. The normalized spacial score (nSPS) is 10.4. The van der Waals surface area contributed by atoms with Gasteiger partial charge in [-0.25, -0.2) is 5.84 Å². The molecule has 1 aromatic carbocycles. The summed E-state index contributed by atoms with van der Waals surface area (Å²) >= 11 is 2.96. The number of hydrogen-bond donors (Lipinski definition) is 3. The van der Waals surface area contributed by atoms with E-state index in [-0.39, 0.29) is 12.3 Å². The quantitative estimate of drug-likeness (QED) is 0.328. The van der Waals surface area contributed by atoms with Crippen LogP contribution in [0.25, 0.3) is 0 Å².